The quantitative estimate of drug-likeness (QED) is 0.769. The zero-order valence-electron chi connectivity index (χ0n) is 10.6. The molecule has 1 aromatic carbocycles. The van der Waals surface area contributed by atoms with Crippen LogP contribution in [-0.2, 0) is 14.3 Å². The summed E-state index contributed by atoms with van der Waals surface area (Å²) in [4.78, 5) is 11.6. The first-order valence-corrected chi connectivity index (χ1v) is 5.58. The van der Waals surface area contributed by atoms with Gasteiger partial charge in [-0.1, -0.05) is 18.2 Å². The molecule has 1 N–H and O–H groups in total. The van der Waals surface area contributed by atoms with Crippen LogP contribution >= 0.6 is 0 Å². The highest BCUT2D eigenvalue weighted by Crippen LogP contribution is 2.18. The van der Waals surface area contributed by atoms with Crippen LogP contribution in [0.1, 0.15) is 11.1 Å². The normalized spacial score (nSPS) is 10.3. The molecule has 0 heterocycles. The van der Waals surface area contributed by atoms with Gasteiger partial charge >= 0.3 is 0 Å². The predicted molar refractivity (Wildman–Crippen MR) is 67.2 cm³/mol. The molecule has 0 atom stereocenters. The van der Waals surface area contributed by atoms with Crippen LogP contribution in [-0.4, -0.2) is 32.8 Å². The van der Waals surface area contributed by atoms with Crippen LogP contribution in [0.3, 0.4) is 0 Å². The van der Waals surface area contributed by atoms with Gasteiger partial charge in [-0.15, -0.1) is 0 Å². The van der Waals surface area contributed by atoms with Crippen molar-refractivity contribution in [2.45, 2.75) is 13.8 Å². The smallest absolute Gasteiger partial charge is 0.250 e. The van der Waals surface area contributed by atoms with Crippen molar-refractivity contribution in [3.8, 4) is 0 Å². The van der Waals surface area contributed by atoms with Gasteiger partial charge in [0.15, 0.2) is 0 Å². The number of ether oxygens (including phenoxy) is 2. The second kappa shape index (κ2) is 7.04. The van der Waals surface area contributed by atoms with E-state index in [1.807, 2.05) is 32.0 Å². The standard InChI is InChI=1S/C13H19NO3/c1-10-5-4-6-11(2)13(10)14-12(15)9-17-8-7-16-3/h4-6H,7-9H2,1-3H3,(H,14,15). The van der Waals surface area contributed by atoms with Crippen molar-refractivity contribution in [3.63, 3.8) is 0 Å². The summed E-state index contributed by atoms with van der Waals surface area (Å²) in [6.07, 6.45) is 0. The van der Waals surface area contributed by atoms with Crippen LogP contribution in [0.4, 0.5) is 5.69 Å². The minimum atomic E-state index is -0.140. The largest absolute Gasteiger partial charge is 0.382 e. The monoisotopic (exact) mass is 237 g/mol. The molecule has 0 bridgehead atoms. The number of hydrogen-bond donors (Lipinski definition) is 1. The summed E-state index contributed by atoms with van der Waals surface area (Å²) in [5.41, 5.74) is 2.97. The number of aryl methyl sites for hydroxylation is 2. The summed E-state index contributed by atoms with van der Waals surface area (Å²) in [6.45, 7) is 4.91. The molecule has 0 saturated heterocycles. The molecule has 0 spiro atoms. The molecular formula is C13H19NO3. The molecule has 0 aliphatic heterocycles. The third kappa shape index (κ3) is 4.54. The van der Waals surface area contributed by atoms with E-state index in [9.17, 15) is 4.79 Å². The van der Waals surface area contributed by atoms with Gasteiger partial charge in [0.1, 0.15) is 6.61 Å². The molecule has 94 valence electrons. The second-order valence-corrected chi connectivity index (χ2v) is 3.86. The highest BCUT2D eigenvalue weighted by Gasteiger charge is 2.06. The lowest BCUT2D eigenvalue weighted by Gasteiger charge is -2.11. The number of methoxy groups -OCH3 is 1. The van der Waals surface area contributed by atoms with E-state index in [0.29, 0.717) is 13.2 Å². The summed E-state index contributed by atoms with van der Waals surface area (Å²) in [6, 6.07) is 5.90. The summed E-state index contributed by atoms with van der Waals surface area (Å²) in [7, 11) is 1.60. The lowest BCUT2D eigenvalue weighted by Crippen LogP contribution is -2.20. The average molecular weight is 237 g/mol. The molecule has 0 aliphatic rings. The summed E-state index contributed by atoms with van der Waals surface area (Å²) < 4.78 is 9.97. The Morgan fingerprint density at radius 2 is 1.88 bits per heavy atom. The lowest BCUT2D eigenvalue weighted by molar-refractivity contribution is -0.121. The van der Waals surface area contributed by atoms with E-state index in [-0.39, 0.29) is 12.5 Å². The molecule has 0 aliphatic carbocycles. The predicted octanol–water partition coefficient (Wildman–Crippen LogP) is 1.90. The zero-order valence-corrected chi connectivity index (χ0v) is 10.6. The van der Waals surface area contributed by atoms with Crippen LogP contribution in [0, 0.1) is 13.8 Å². The van der Waals surface area contributed by atoms with Gasteiger partial charge in [0, 0.05) is 12.8 Å². The number of benzene rings is 1. The number of nitrogens with one attached hydrogen (secondary N) is 1. The first-order valence-electron chi connectivity index (χ1n) is 5.58. The van der Waals surface area contributed by atoms with Gasteiger partial charge in [-0.2, -0.15) is 0 Å². The van der Waals surface area contributed by atoms with Crippen molar-refractivity contribution in [2.24, 2.45) is 0 Å². The minimum absolute atomic E-state index is 0.0527. The first kappa shape index (κ1) is 13.7. The minimum Gasteiger partial charge on any atom is -0.382 e. The number of hydrogen-bond acceptors (Lipinski definition) is 3. The Bertz CT molecular complexity index is 357. The number of rotatable bonds is 6. The zero-order chi connectivity index (χ0) is 12.7. The van der Waals surface area contributed by atoms with E-state index in [2.05, 4.69) is 5.32 Å². The van der Waals surface area contributed by atoms with Gasteiger partial charge in [0.2, 0.25) is 5.91 Å². The van der Waals surface area contributed by atoms with Crippen molar-refractivity contribution in [3.05, 3.63) is 29.3 Å². The van der Waals surface area contributed by atoms with Crippen molar-refractivity contribution in [1.82, 2.24) is 0 Å². The lowest BCUT2D eigenvalue weighted by atomic mass is 10.1. The molecule has 4 heteroatoms. The van der Waals surface area contributed by atoms with Gasteiger partial charge in [0.25, 0.3) is 0 Å². The Morgan fingerprint density at radius 3 is 2.47 bits per heavy atom. The Labute approximate surface area is 102 Å². The molecule has 0 unspecified atom stereocenters. The van der Waals surface area contributed by atoms with E-state index >= 15 is 0 Å². The van der Waals surface area contributed by atoms with E-state index in [1.54, 1.807) is 7.11 Å². The van der Waals surface area contributed by atoms with Gasteiger partial charge in [-0.05, 0) is 25.0 Å². The number of para-hydroxylation sites is 1. The second-order valence-electron chi connectivity index (χ2n) is 3.86. The van der Waals surface area contributed by atoms with Gasteiger partial charge in [-0.25, -0.2) is 0 Å². The maximum absolute atomic E-state index is 11.6. The Balaban J connectivity index is 2.45. The summed E-state index contributed by atoms with van der Waals surface area (Å²) in [5.74, 6) is -0.140. The molecule has 0 radical (unpaired) electrons. The third-order valence-electron chi connectivity index (χ3n) is 2.41. The Kier molecular flexibility index (Phi) is 5.66. The highest BCUT2D eigenvalue weighted by molar-refractivity contribution is 5.93. The van der Waals surface area contributed by atoms with Crippen molar-refractivity contribution in [2.75, 3.05) is 32.2 Å². The van der Waals surface area contributed by atoms with Gasteiger partial charge < -0.3 is 14.8 Å². The molecule has 0 saturated carbocycles. The Hall–Kier alpha value is -1.39. The number of carbonyl (C=O) groups is 1. The van der Waals surface area contributed by atoms with Gasteiger partial charge in [-0.3, -0.25) is 4.79 Å². The van der Waals surface area contributed by atoms with Crippen molar-refractivity contribution >= 4 is 11.6 Å². The highest BCUT2D eigenvalue weighted by atomic mass is 16.5. The summed E-state index contributed by atoms with van der Waals surface area (Å²) in [5, 5.41) is 2.85. The van der Waals surface area contributed by atoms with Crippen LogP contribution in [0.15, 0.2) is 18.2 Å². The molecule has 0 aromatic heterocycles. The molecular weight excluding hydrogens is 218 g/mol. The molecule has 4 nitrogen and oxygen atoms in total. The molecule has 0 fully saturated rings. The maximum Gasteiger partial charge on any atom is 0.250 e. The average Bonchev–Trinajstić information content (AvgIpc) is 2.30. The van der Waals surface area contributed by atoms with E-state index in [0.717, 1.165) is 16.8 Å². The SMILES string of the molecule is COCCOCC(=O)Nc1c(C)cccc1C. The van der Waals surface area contributed by atoms with E-state index < -0.39 is 0 Å². The summed E-state index contributed by atoms with van der Waals surface area (Å²) >= 11 is 0. The van der Waals surface area contributed by atoms with Crippen LogP contribution in [0.2, 0.25) is 0 Å². The van der Waals surface area contributed by atoms with Crippen LogP contribution in [0.5, 0.6) is 0 Å². The molecule has 1 aromatic rings. The number of amides is 1. The fourth-order valence-electron chi connectivity index (χ4n) is 1.49. The van der Waals surface area contributed by atoms with E-state index in [1.165, 1.54) is 0 Å². The van der Waals surface area contributed by atoms with E-state index in [4.69, 9.17) is 9.47 Å². The number of anilines is 1. The van der Waals surface area contributed by atoms with Crippen molar-refractivity contribution in [1.29, 1.82) is 0 Å². The number of carbonyl (C=O) groups excluding carboxylic acids is 1. The molecule has 1 amide bonds. The third-order valence-corrected chi connectivity index (χ3v) is 2.41. The van der Waals surface area contributed by atoms with Crippen LogP contribution < -0.4 is 5.32 Å². The first-order chi connectivity index (χ1) is 8.15. The maximum atomic E-state index is 11.6. The fraction of sp³-hybridized carbons (Fsp3) is 0.462. The fourth-order valence-corrected chi connectivity index (χ4v) is 1.49. The Morgan fingerprint density at radius 1 is 1.24 bits per heavy atom. The van der Waals surface area contributed by atoms with Crippen LogP contribution in [0.25, 0.3) is 0 Å². The topological polar surface area (TPSA) is 47.6 Å². The molecule has 17 heavy (non-hydrogen) atoms. The van der Waals surface area contributed by atoms with Crippen molar-refractivity contribution < 1.29 is 14.3 Å². The van der Waals surface area contributed by atoms with Gasteiger partial charge in [0.05, 0.1) is 13.2 Å². The molecule has 1 rings (SSSR count).